The maximum atomic E-state index is 13.6. The van der Waals surface area contributed by atoms with Crippen molar-refractivity contribution in [1.29, 1.82) is 0 Å². The lowest BCUT2D eigenvalue weighted by atomic mass is 10.1. The van der Waals surface area contributed by atoms with Gasteiger partial charge in [0.25, 0.3) is 5.91 Å². The van der Waals surface area contributed by atoms with Gasteiger partial charge < -0.3 is 19.7 Å². The number of amides is 2. The van der Waals surface area contributed by atoms with E-state index in [0.717, 1.165) is 40.1 Å². The number of anilines is 1. The third-order valence-corrected chi connectivity index (χ3v) is 6.82. The topological polar surface area (TPSA) is 67.9 Å². The van der Waals surface area contributed by atoms with E-state index < -0.39 is 0 Å². The molecule has 198 valence electrons. The normalized spacial score (nSPS) is 11.7. The van der Waals surface area contributed by atoms with Crippen LogP contribution in [-0.2, 0) is 30.7 Å². The molecule has 0 bridgehead atoms. The van der Waals surface area contributed by atoms with Crippen LogP contribution in [0.5, 0.6) is 11.5 Å². The first-order valence-corrected chi connectivity index (χ1v) is 13.2. The third kappa shape index (κ3) is 6.47. The van der Waals surface area contributed by atoms with Crippen LogP contribution in [0.2, 0.25) is 0 Å². The Hall–Kier alpha value is -4.58. The van der Waals surface area contributed by atoms with Gasteiger partial charge in [-0.2, -0.15) is 0 Å². The Balaban J connectivity index is 1.28. The highest BCUT2D eigenvalue weighted by molar-refractivity contribution is 6.06. The Morgan fingerprint density at radius 1 is 0.795 bits per heavy atom. The Kier molecular flexibility index (Phi) is 7.92. The Bertz CT molecular complexity index is 1460. The highest BCUT2D eigenvalue weighted by atomic mass is 16.7. The van der Waals surface area contributed by atoms with Gasteiger partial charge >= 0.3 is 0 Å². The monoisotopic (exact) mass is 520 g/mol. The number of hydrogen-bond donors (Lipinski definition) is 1. The lowest BCUT2D eigenvalue weighted by Crippen LogP contribution is -2.30. The van der Waals surface area contributed by atoms with Gasteiger partial charge in [-0.15, -0.1) is 0 Å². The molecule has 0 spiro atoms. The molecule has 5 rings (SSSR count). The Labute approximate surface area is 229 Å². The van der Waals surface area contributed by atoms with E-state index in [-0.39, 0.29) is 25.0 Å². The largest absolute Gasteiger partial charge is 0.454 e. The van der Waals surface area contributed by atoms with Crippen molar-refractivity contribution in [3.05, 3.63) is 124 Å². The van der Waals surface area contributed by atoms with E-state index in [4.69, 9.17) is 9.47 Å². The number of carbonyl (C=O) groups excluding carboxylic acids is 2. The molecule has 4 aromatic rings. The first-order chi connectivity index (χ1) is 19.0. The SMILES string of the molecule is CCc1ccc(C(=O)N(Cc2cccc(C)c2)c2ccc(CC(=O)NCc3ccc4c(c3)OCO4)cc2)cc1. The van der Waals surface area contributed by atoms with Gasteiger partial charge in [-0.3, -0.25) is 9.59 Å². The van der Waals surface area contributed by atoms with Gasteiger partial charge in [-0.25, -0.2) is 0 Å². The fourth-order valence-corrected chi connectivity index (χ4v) is 4.61. The summed E-state index contributed by atoms with van der Waals surface area (Å²) < 4.78 is 10.7. The van der Waals surface area contributed by atoms with Crippen LogP contribution in [0, 0.1) is 6.92 Å². The van der Waals surface area contributed by atoms with Crippen molar-refractivity contribution >= 4 is 17.5 Å². The number of rotatable bonds is 9. The van der Waals surface area contributed by atoms with E-state index in [1.807, 2.05) is 91.9 Å². The molecule has 2 amide bonds. The summed E-state index contributed by atoms with van der Waals surface area (Å²) in [5.74, 6) is 1.28. The predicted octanol–water partition coefficient (Wildman–Crippen LogP) is 5.99. The average molecular weight is 521 g/mol. The van der Waals surface area contributed by atoms with E-state index in [2.05, 4.69) is 18.3 Å². The minimum Gasteiger partial charge on any atom is -0.454 e. The van der Waals surface area contributed by atoms with Crippen LogP contribution in [0.3, 0.4) is 0 Å². The van der Waals surface area contributed by atoms with Gasteiger partial charge in [0.15, 0.2) is 11.5 Å². The van der Waals surface area contributed by atoms with Gasteiger partial charge in [-0.05, 0) is 72.0 Å². The number of aryl methyl sites for hydroxylation is 2. The highest BCUT2D eigenvalue weighted by Gasteiger charge is 2.19. The smallest absolute Gasteiger partial charge is 0.258 e. The summed E-state index contributed by atoms with van der Waals surface area (Å²) in [5.41, 5.74) is 6.64. The zero-order valence-electron chi connectivity index (χ0n) is 22.3. The number of carbonyl (C=O) groups is 2. The van der Waals surface area contributed by atoms with Crippen LogP contribution in [0.1, 0.15) is 45.1 Å². The molecule has 0 saturated carbocycles. The predicted molar refractivity (Wildman–Crippen MR) is 152 cm³/mol. The number of hydrogen-bond acceptors (Lipinski definition) is 4. The second-order valence-electron chi connectivity index (χ2n) is 9.74. The van der Waals surface area contributed by atoms with E-state index in [9.17, 15) is 9.59 Å². The van der Waals surface area contributed by atoms with Crippen LogP contribution < -0.4 is 19.7 Å². The molecule has 39 heavy (non-hydrogen) atoms. The zero-order valence-corrected chi connectivity index (χ0v) is 22.3. The highest BCUT2D eigenvalue weighted by Crippen LogP contribution is 2.32. The summed E-state index contributed by atoms with van der Waals surface area (Å²) in [6.07, 6.45) is 1.17. The fourth-order valence-electron chi connectivity index (χ4n) is 4.61. The van der Waals surface area contributed by atoms with Gasteiger partial charge in [0.2, 0.25) is 12.7 Å². The molecule has 1 aliphatic heterocycles. The lowest BCUT2D eigenvalue weighted by Gasteiger charge is -2.24. The van der Waals surface area contributed by atoms with Crippen LogP contribution in [0.4, 0.5) is 5.69 Å². The number of nitrogens with one attached hydrogen (secondary N) is 1. The lowest BCUT2D eigenvalue weighted by molar-refractivity contribution is -0.120. The van der Waals surface area contributed by atoms with Crippen molar-refractivity contribution in [3.8, 4) is 11.5 Å². The van der Waals surface area contributed by atoms with Crippen LogP contribution in [-0.4, -0.2) is 18.6 Å². The Morgan fingerprint density at radius 2 is 1.51 bits per heavy atom. The summed E-state index contributed by atoms with van der Waals surface area (Å²) in [6.45, 7) is 5.22. The molecule has 6 nitrogen and oxygen atoms in total. The van der Waals surface area contributed by atoms with E-state index >= 15 is 0 Å². The van der Waals surface area contributed by atoms with Crippen molar-refractivity contribution in [2.24, 2.45) is 0 Å². The molecule has 0 atom stereocenters. The minimum absolute atomic E-state index is 0.0617. The van der Waals surface area contributed by atoms with Crippen LogP contribution in [0.25, 0.3) is 0 Å². The molecule has 0 unspecified atom stereocenters. The summed E-state index contributed by atoms with van der Waals surface area (Å²) in [6, 6.07) is 29.3. The average Bonchev–Trinajstić information content (AvgIpc) is 3.43. The fraction of sp³-hybridized carbons (Fsp3) is 0.212. The first-order valence-electron chi connectivity index (χ1n) is 13.2. The molecule has 0 radical (unpaired) electrons. The molecule has 1 aliphatic rings. The molecule has 0 saturated heterocycles. The molecule has 6 heteroatoms. The second kappa shape index (κ2) is 11.9. The van der Waals surface area contributed by atoms with Crippen molar-refractivity contribution in [2.45, 2.75) is 39.8 Å². The van der Waals surface area contributed by atoms with Gasteiger partial charge in [0.05, 0.1) is 13.0 Å². The molecular weight excluding hydrogens is 488 g/mol. The minimum atomic E-state index is -0.0795. The standard InChI is InChI=1S/C33H32N2O4/c1-3-24-7-12-28(13-8-24)33(37)35(21-27-6-4-5-23(2)17-27)29-14-9-25(10-15-29)19-32(36)34-20-26-11-16-30-31(18-26)39-22-38-30/h4-18H,3,19-22H2,1-2H3,(H,34,36). The number of benzene rings is 4. The summed E-state index contributed by atoms with van der Waals surface area (Å²) in [4.78, 5) is 28.0. The molecule has 0 fully saturated rings. The van der Waals surface area contributed by atoms with Gasteiger partial charge in [0, 0.05) is 17.8 Å². The molecule has 1 N–H and O–H groups in total. The summed E-state index contributed by atoms with van der Waals surface area (Å²) in [7, 11) is 0. The molecular formula is C33H32N2O4. The number of ether oxygens (including phenoxy) is 2. The van der Waals surface area contributed by atoms with Gasteiger partial charge in [-0.1, -0.05) is 67.1 Å². The van der Waals surface area contributed by atoms with Crippen molar-refractivity contribution in [2.75, 3.05) is 11.7 Å². The summed E-state index contributed by atoms with van der Waals surface area (Å²) in [5, 5.41) is 2.96. The maximum absolute atomic E-state index is 13.6. The van der Waals surface area contributed by atoms with E-state index in [0.29, 0.717) is 24.4 Å². The summed E-state index contributed by atoms with van der Waals surface area (Å²) >= 11 is 0. The quantitative estimate of drug-likeness (QED) is 0.294. The molecule has 0 aliphatic carbocycles. The first kappa shape index (κ1) is 26.0. The third-order valence-electron chi connectivity index (χ3n) is 6.82. The molecule has 0 aromatic heterocycles. The van der Waals surface area contributed by atoms with Crippen LogP contribution in [0.15, 0.2) is 91.0 Å². The van der Waals surface area contributed by atoms with Crippen LogP contribution >= 0.6 is 0 Å². The van der Waals surface area contributed by atoms with Gasteiger partial charge in [0.1, 0.15) is 0 Å². The van der Waals surface area contributed by atoms with E-state index in [1.165, 1.54) is 5.56 Å². The van der Waals surface area contributed by atoms with Crippen molar-refractivity contribution in [3.63, 3.8) is 0 Å². The number of fused-ring (bicyclic) bond motifs is 1. The maximum Gasteiger partial charge on any atom is 0.258 e. The zero-order chi connectivity index (χ0) is 27.2. The second-order valence-corrected chi connectivity index (χ2v) is 9.74. The van der Waals surface area contributed by atoms with E-state index in [1.54, 1.807) is 4.90 Å². The Morgan fingerprint density at radius 3 is 2.26 bits per heavy atom. The van der Waals surface area contributed by atoms with Crippen molar-refractivity contribution < 1.29 is 19.1 Å². The number of nitrogens with zero attached hydrogens (tertiary/aromatic N) is 1. The van der Waals surface area contributed by atoms with Crippen molar-refractivity contribution in [1.82, 2.24) is 5.32 Å². The molecule has 1 heterocycles. The molecule has 4 aromatic carbocycles.